The number of amides is 1. The van der Waals surface area contributed by atoms with Crippen LogP contribution in [0.25, 0.3) is 0 Å². The number of hydrogen-bond donors (Lipinski definition) is 2. The molecule has 0 saturated heterocycles. The average molecular weight is 473 g/mol. The SMILES string of the molecule is Cc1ccc(NS(=O)(=O)c2ccc(NC(=O)COc3cc(C)c(Cl)c(C)c3)cc2)cc1C. The molecule has 0 fully saturated rings. The van der Waals surface area contributed by atoms with Gasteiger partial charge in [0.25, 0.3) is 15.9 Å². The van der Waals surface area contributed by atoms with Crippen LogP contribution in [0.5, 0.6) is 5.75 Å². The lowest BCUT2D eigenvalue weighted by molar-refractivity contribution is -0.118. The number of carbonyl (C=O) groups is 1. The van der Waals surface area contributed by atoms with Crippen molar-refractivity contribution in [3.05, 3.63) is 81.9 Å². The van der Waals surface area contributed by atoms with E-state index in [0.717, 1.165) is 22.3 Å². The molecular formula is C24H25ClN2O4S. The molecular weight excluding hydrogens is 448 g/mol. The molecule has 0 heterocycles. The monoisotopic (exact) mass is 472 g/mol. The minimum absolute atomic E-state index is 0.0945. The summed E-state index contributed by atoms with van der Waals surface area (Å²) in [5.74, 6) is 0.192. The zero-order valence-electron chi connectivity index (χ0n) is 18.3. The summed E-state index contributed by atoms with van der Waals surface area (Å²) in [7, 11) is -3.74. The van der Waals surface area contributed by atoms with Crippen molar-refractivity contribution in [3.63, 3.8) is 0 Å². The van der Waals surface area contributed by atoms with E-state index in [1.54, 1.807) is 24.3 Å². The molecule has 0 radical (unpaired) electrons. The number of nitrogens with one attached hydrogen (secondary N) is 2. The van der Waals surface area contributed by atoms with Crippen LogP contribution in [0.4, 0.5) is 11.4 Å². The van der Waals surface area contributed by atoms with Gasteiger partial charge in [0.1, 0.15) is 5.75 Å². The Morgan fingerprint density at radius 2 is 1.44 bits per heavy atom. The van der Waals surface area contributed by atoms with Crippen molar-refractivity contribution >= 4 is 38.9 Å². The lowest BCUT2D eigenvalue weighted by Gasteiger charge is -2.12. The maximum atomic E-state index is 12.6. The van der Waals surface area contributed by atoms with Crippen molar-refractivity contribution in [1.29, 1.82) is 0 Å². The van der Waals surface area contributed by atoms with Gasteiger partial charge in [-0.05, 0) is 98.5 Å². The molecule has 0 saturated carbocycles. The summed E-state index contributed by atoms with van der Waals surface area (Å²) >= 11 is 6.14. The summed E-state index contributed by atoms with van der Waals surface area (Å²) in [6.45, 7) is 7.43. The Morgan fingerprint density at radius 3 is 2.03 bits per heavy atom. The van der Waals surface area contributed by atoms with Crippen LogP contribution in [0.3, 0.4) is 0 Å². The van der Waals surface area contributed by atoms with Gasteiger partial charge in [0, 0.05) is 16.4 Å². The summed E-state index contributed by atoms with van der Waals surface area (Å²) < 4.78 is 33.4. The maximum Gasteiger partial charge on any atom is 0.262 e. The minimum Gasteiger partial charge on any atom is -0.484 e. The number of halogens is 1. The predicted octanol–water partition coefficient (Wildman–Crippen LogP) is 5.39. The molecule has 0 aliphatic rings. The van der Waals surface area contributed by atoms with Gasteiger partial charge in [-0.2, -0.15) is 0 Å². The fourth-order valence-electron chi connectivity index (χ4n) is 3.07. The summed E-state index contributed by atoms with van der Waals surface area (Å²) in [6.07, 6.45) is 0. The first-order chi connectivity index (χ1) is 15.0. The highest BCUT2D eigenvalue weighted by atomic mass is 35.5. The summed E-state index contributed by atoms with van der Waals surface area (Å²) in [4.78, 5) is 12.3. The number of anilines is 2. The van der Waals surface area contributed by atoms with Gasteiger partial charge in [0.2, 0.25) is 0 Å². The van der Waals surface area contributed by atoms with Crippen LogP contribution in [-0.4, -0.2) is 20.9 Å². The number of ether oxygens (including phenoxy) is 1. The van der Waals surface area contributed by atoms with Crippen LogP contribution in [0.15, 0.2) is 59.5 Å². The van der Waals surface area contributed by atoms with Gasteiger partial charge in [-0.15, -0.1) is 0 Å². The van der Waals surface area contributed by atoms with Crippen molar-refractivity contribution in [2.75, 3.05) is 16.6 Å². The molecule has 0 bridgehead atoms. The predicted molar refractivity (Wildman–Crippen MR) is 128 cm³/mol. The Bertz CT molecular complexity index is 1230. The first-order valence-corrected chi connectivity index (χ1v) is 11.8. The Morgan fingerprint density at radius 1 is 0.844 bits per heavy atom. The lowest BCUT2D eigenvalue weighted by Crippen LogP contribution is -2.20. The second-order valence-corrected chi connectivity index (χ2v) is 9.70. The van der Waals surface area contributed by atoms with Gasteiger partial charge in [0.15, 0.2) is 6.61 Å². The number of hydrogen-bond acceptors (Lipinski definition) is 4. The molecule has 0 unspecified atom stereocenters. The Kier molecular flexibility index (Phi) is 7.11. The highest BCUT2D eigenvalue weighted by molar-refractivity contribution is 7.92. The molecule has 0 atom stereocenters. The largest absolute Gasteiger partial charge is 0.484 e. The Balaban J connectivity index is 1.61. The molecule has 3 aromatic carbocycles. The van der Waals surface area contributed by atoms with E-state index in [0.29, 0.717) is 22.1 Å². The van der Waals surface area contributed by atoms with Gasteiger partial charge in [0.05, 0.1) is 4.90 Å². The third-order valence-electron chi connectivity index (χ3n) is 4.99. The molecule has 0 spiro atoms. The molecule has 0 aliphatic carbocycles. The fourth-order valence-corrected chi connectivity index (χ4v) is 4.23. The summed E-state index contributed by atoms with van der Waals surface area (Å²) in [6, 6.07) is 14.8. The van der Waals surface area contributed by atoms with Crippen LogP contribution in [0.1, 0.15) is 22.3 Å². The van der Waals surface area contributed by atoms with E-state index in [9.17, 15) is 13.2 Å². The first-order valence-electron chi connectivity index (χ1n) is 9.95. The molecule has 0 aromatic heterocycles. The first kappa shape index (κ1) is 23.6. The van der Waals surface area contributed by atoms with Gasteiger partial charge in [-0.1, -0.05) is 17.7 Å². The van der Waals surface area contributed by atoms with Gasteiger partial charge < -0.3 is 10.1 Å². The lowest BCUT2D eigenvalue weighted by atomic mass is 10.1. The van der Waals surface area contributed by atoms with Gasteiger partial charge >= 0.3 is 0 Å². The average Bonchev–Trinajstić information content (AvgIpc) is 2.73. The van der Waals surface area contributed by atoms with Crippen LogP contribution in [0, 0.1) is 27.7 Å². The van der Waals surface area contributed by atoms with Crippen LogP contribution in [0.2, 0.25) is 5.02 Å². The van der Waals surface area contributed by atoms with E-state index in [1.807, 2.05) is 33.8 Å². The van der Waals surface area contributed by atoms with E-state index in [1.165, 1.54) is 24.3 Å². The molecule has 8 heteroatoms. The summed E-state index contributed by atoms with van der Waals surface area (Å²) in [5.41, 5.74) is 4.77. The molecule has 3 aromatic rings. The minimum atomic E-state index is -3.74. The zero-order valence-corrected chi connectivity index (χ0v) is 19.9. The highest BCUT2D eigenvalue weighted by Crippen LogP contribution is 2.26. The topological polar surface area (TPSA) is 84.5 Å². The molecule has 0 aliphatic heterocycles. The smallest absolute Gasteiger partial charge is 0.262 e. The number of carbonyl (C=O) groups excluding carboxylic acids is 1. The third kappa shape index (κ3) is 5.81. The van der Waals surface area contributed by atoms with Crippen molar-refractivity contribution < 1.29 is 17.9 Å². The van der Waals surface area contributed by atoms with E-state index in [-0.39, 0.29) is 17.4 Å². The van der Waals surface area contributed by atoms with Gasteiger partial charge in [-0.3, -0.25) is 9.52 Å². The fraction of sp³-hybridized carbons (Fsp3) is 0.208. The van der Waals surface area contributed by atoms with Crippen molar-refractivity contribution in [2.24, 2.45) is 0 Å². The van der Waals surface area contributed by atoms with Gasteiger partial charge in [-0.25, -0.2) is 8.42 Å². The van der Waals surface area contributed by atoms with E-state index in [4.69, 9.17) is 16.3 Å². The number of rotatable bonds is 7. The maximum absolute atomic E-state index is 12.6. The van der Waals surface area contributed by atoms with Crippen molar-refractivity contribution in [3.8, 4) is 5.75 Å². The van der Waals surface area contributed by atoms with Crippen LogP contribution in [-0.2, 0) is 14.8 Å². The molecule has 32 heavy (non-hydrogen) atoms. The van der Waals surface area contributed by atoms with Crippen LogP contribution < -0.4 is 14.8 Å². The standard InChI is InChI=1S/C24H25ClN2O4S/c1-15-5-6-20(11-16(15)2)27-32(29,30)22-9-7-19(8-10-22)26-23(28)14-31-21-12-17(3)24(25)18(4)13-21/h5-13,27H,14H2,1-4H3,(H,26,28). The molecule has 2 N–H and O–H groups in total. The Labute approximate surface area is 193 Å². The van der Waals surface area contributed by atoms with Crippen molar-refractivity contribution in [1.82, 2.24) is 0 Å². The molecule has 6 nitrogen and oxygen atoms in total. The second kappa shape index (κ2) is 9.63. The highest BCUT2D eigenvalue weighted by Gasteiger charge is 2.15. The molecule has 168 valence electrons. The Hall–Kier alpha value is -3.03. The number of sulfonamides is 1. The summed E-state index contributed by atoms with van der Waals surface area (Å²) in [5, 5.41) is 3.36. The molecule has 3 rings (SSSR count). The molecule has 1 amide bonds. The normalized spacial score (nSPS) is 11.2. The van der Waals surface area contributed by atoms with Crippen LogP contribution >= 0.6 is 11.6 Å². The number of benzene rings is 3. The quantitative estimate of drug-likeness (QED) is 0.482. The van der Waals surface area contributed by atoms with Crippen molar-refractivity contribution in [2.45, 2.75) is 32.6 Å². The van der Waals surface area contributed by atoms with E-state index < -0.39 is 10.0 Å². The second-order valence-electron chi connectivity index (χ2n) is 7.64. The zero-order chi connectivity index (χ0) is 23.5. The van der Waals surface area contributed by atoms with E-state index in [2.05, 4.69) is 10.0 Å². The van der Waals surface area contributed by atoms with E-state index >= 15 is 0 Å². The third-order valence-corrected chi connectivity index (χ3v) is 6.98. The number of aryl methyl sites for hydroxylation is 4.